The third kappa shape index (κ3) is 7.79. The lowest BCUT2D eigenvalue weighted by atomic mass is 10.0. The Labute approximate surface area is 169 Å². The Morgan fingerprint density at radius 1 is 1.18 bits per heavy atom. The molecule has 1 rings (SSSR count). The van der Waals surface area contributed by atoms with E-state index in [1.165, 1.54) is 5.57 Å². The molecule has 156 valence electrons. The standard InChI is InChI=1S/C23H34O5/c1-7-27-20(17(2)3)11-10-18(4)12-14-28-23-21(25-5)15-19(9-8-13-24)16-22(23)26-6/h8-9,12,15-16,20,24H,2,7,10-11,13-14H2,1,3-6H3/b9-8+,18-12-/t20-/m0/s1. The smallest absolute Gasteiger partial charge is 0.203 e. The van der Waals surface area contributed by atoms with Gasteiger partial charge in [-0.25, -0.2) is 0 Å². The fourth-order valence-corrected chi connectivity index (χ4v) is 2.73. The molecule has 0 saturated carbocycles. The molecule has 0 aromatic heterocycles. The Balaban J connectivity index is 2.78. The first-order valence-electron chi connectivity index (χ1n) is 9.55. The van der Waals surface area contributed by atoms with Crippen molar-refractivity contribution in [1.82, 2.24) is 0 Å². The van der Waals surface area contributed by atoms with E-state index in [4.69, 9.17) is 24.1 Å². The number of aliphatic hydroxyl groups is 1. The summed E-state index contributed by atoms with van der Waals surface area (Å²) in [4.78, 5) is 0. The molecular weight excluding hydrogens is 356 g/mol. The van der Waals surface area contributed by atoms with Gasteiger partial charge in [-0.3, -0.25) is 0 Å². The van der Waals surface area contributed by atoms with Crippen molar-refractivity contribution in [2.45, 2.75) is 39.7 Å². The molecule has 1 aromatic carbocycles. The Morgan fingerprint density at radius 3 is 2.32 bits per heavy atom. The monoisotopic (exact) mass is 390 g/mol. The van der Waals surface area contributed by atoms with Crippen molar-refractivity contribution in [3.8, 4) is 17.2 Å². The van der Waals surface area contributed by atoms with Gasteiger partial charge in [0.05, 0.1) is 26.9 Å². The van der Waals surface area contributed by atoms with Gasteiger partial charge in [0.25, 0.3) is 0 Å². The van der Waals surface area contributed by atoms with Crippen LogP contribution in [0, 0.1) is 0 Å². The van der Waals surface area contributed by atoms with Crippen molar-refractivity contribution in [2.24, 2.45) is 0 Å². The zero-order valence-electron chi connectivity index (χ0n) is 17.8. The van der Waals surface area contributed by atoms with Crippen molar-refractivity contribution in [2.75, 3.05) is 34.0 Å². The Hall–Kier alpha value is -2.24. The topological polar surface area (TPSA) is 57.2 Å². The summed E-state index contributed by atoms with van der Waals surface area (Å²) < 4.78 is 22.5. The maximum Gasteiger partial charge on any atom is 0.203 e. The number of aliphatic hydroxyl groups excluding tert-OH is 1. The second-order valence-corrected chi connectivity index (χ2v) is 6.53. The third-order valence-corrected chi connectivity index (χ3v) is 4.28. The van der Waals surface area contributed by atoms with Crippen molar-refractivity contribution in [3.63, 3.8) is 0 Å². The van der Waals surface area contributed by atoms with Crippen LogP contribution >= 0.6 is 0 Å². The molecule has 0 spiro atoms. The minimum absolute atomic E-state index is 0.0253. The zero-order chi connectivity index (χ0) is 20.9. The van der Waals surface area contributed by atoms with E-state index in [1.807, 2.05) is 26.0 Å². The van der Waals surface area contributed by atoms with Crippen LogP contribution in [0.15, 0.2) is 42.0 Å². The summed E-state index contributed by atoms with van der Waals surface area (Å²) in [6.45, 7) is 11.2. The second-order valence-electron chi connectivity index (χ2n) is 6.53. The van der Waals surface area contributed by atoms with Crippen molar-refractivity contribution >= 4 is 6.08 Å². The van der Waals surface area contributed by atoms with Gasteiger partial charge in [-0.1, -0.05) is 29.9 Å². The van der Waals surface area contributed by atoms with Crippen LogP contribution in [0.5, 0.6) is 17.2 Å². The zero-order valence-corrected chi connectivity index (χ0v) is 17.8. The SMILES string of the molecule is C=C(C)[C@H](CC/C(C)=C\COc1c(OC)cc(/C=C/CO)cc1OC)OCC. The highest BCUT2D eigenvalue weighted by Crippen LogP contribution is 2.39. The first-order chi connectivity index (χ1) is 13.5. The largest absolute Gasteiger partial charge is 0.493 e. The minimum atomic E-state index is -0.0253. The summed E-state index contributed by atoms with van der Waals surface area (Å²) in [6.07, 6.45) is 7.43. The second kappa shape index (κ2) is 13.0. The van der Waals surface area contributed by atoms with Crippen molar-refractivity contribution in [1.29, 1.82) is 0 Å². The van der Waals surface area contributed by atoms with Gasteiger partial charge >= 0.3 is 0 Å². The van der Waals surface area contributed by atoms with E-state index in [0.29, 0.717) is 30.5 Å². The van der Waals surface area contributed by atoms with E-state index >= 15 is 0 Å². The molecule has 28 heavy (non-hydrogen) atoms. The highest BCUT2D eigenvalue weighted by atomic mass is 16.5. The van der Waals surface area contributed by atoms with Crippen LogP contribution in [-0.2, 0) is 4.74 Å². The number of benzene rings is 1. The van der Waals surface area contributed by atoms with Crippen LogP contribution in [0.1, 0.15) is 39.2 Å². The number of hydrogen-bond acceptors (Lipinski definition) is 5. The molecule has 0 unspecified atom stereocenters. The van der Waals surface area contributed by atoms with E-state index in [2.05, 4.69) is 19.6 Å². The Bertz CT molecular complexity index is 651. The van der Waals surface area contributed by atoms with Crippen LogP contribution in [0.3, 0.4) is 0 Å². The molecule has 1 aromatic rings. The lowest BCUT2D eigenvalue weighted by Crippen LogP contribution is -2.13. The average molecular weight is 391 g/mol. The van der Waals surface area contributed by atoms with Gasteiger partial charge in [0.2, 0.25) is 5.75 Å². The van der Waals surface area contributed by atoms with Crippen LogP contribution in [0.2, 0.25) is 0 Å². The maximum absolute atomic E-state index is 8.95. The fourth-order valence-electron chi connectivity index (χ4n) is 2.73. The number of methoxy groups -OCH3 is 2. The molecule has 5 heteroatoms. The van der Waals surface area contributed by atoms with Gasteiger partial charge in [0.15, 0.2) is 11.5 Å². The average Bonchev–Trinajstić information content (AvgIpc) is 2.69. The van der Waals surface area contributed by atoms with E-state index < -0.39 is 0 Å². The van der Waals surface area contributed by atoms with Gasteiger partial charge in [-0.15, -0.1) is 0 Å². The lowest BCUT2D eigenvalue weighted by molar-refractivity contribution is 0.0827. The number of hydrogen-bond donors (Lipinski definition) is 1. The first-order valence-corrected chi connectivity index (χ1v) is 9.55. The molecule has 0 saturated heterocycles. The van der Waals surface area contributed by atoms with Gasteiger partial charge in [-0.05, 0) is 57.4 Å². The molecule has 0 aliphatic heterocycles. The minimum Gasteiger partial charge on any atom is -0.493 e. The number of rotatable bonds is 13. The summed E-state index contributed by atoms with van der Waals surface area (Å²) in [7, 11) is 3.18. The number of ether oxygens (including phenoxy) is 4. The van der Waals surface area contributed by atoms with Crippen molar-refractivity contribution < 1.29 is 24.1 Å². The molecular formula is C23H34O5. The van der Waals surface area contributed by atoms with Gasteiger partial charge in [0.1, 0.15) is 6.61 Å². The first kappa shape index (κ1) is 23.8. The normalized spacial score (nSPS) is 12.9. The molecule has 0 aliphatic carbocycles. The molecule has 0 amide bonds. The molecule has 0 heterocycles. The van der Waals surface area contributed by atoms with E-state index in [0.717, 1.165) is 24.0 Å². The maximum atomic E-state index is 8.95. The molecule has 0 radical (unpaired) electrons. The fraction of sp³-hybridized carbons (Fsp3) is 0.478. The van der Waals surface area contributed by atoms with Crippen LogP contribution in [0.25, 0.3) is 6.08 Å². The van der Waals surface area contributed by atoms with Gasteiger partial charge in [0, 0.05) is 6.61 Å². The van der Waals surface area contributed by atoms with Crippen LogP contribution in [-0.4, -0.2) is 45.3 Å². The van der Waals surface area contributed by atoms with Crippen molar-refractivity contribution in [3.05, 3.63) is 47.6 Å². The molecule has 1 atom stereocenters. The quantitative estimate of drug-likeness (QED) is 0.491. The summed E-state index contributed by atoms with van der Waals surface area (Å²) in [5, 5.41) is 8.95. The van der Waals surface area contributed by atoms with E-state index in [1.54, 1.807) is 26.4 Å². The molecule has 1 N–H and O–H groups in total. The third-order valence-electron chi connectivity index (χ3n) is 4.28. The number of allylic oxidation sites excluding steroid dienone is 1. The van der Waals surface area contributed by atoms with Gasteiger partial charge in [-0.2, -0.15) is 0 Å². The highest BCUT2D eigenvalue weighted by molar-refractivity contribution is 5.62. The van der Waals surface area contributed by atoms with E-state index in [-0.39, 0.29) is 12.7 Å². The van der Waals surface area contributed by atoms with Gasteiger partial charge < -0.3 is 24.1 Å². The van der Waals surface area contributed by atoms with Crippen LogP contribution < -0.4 is 14.2 Å². The summed E-state index contributed by atoms with van der Waals surface area (Å²) >= 11 is 0. The highest BCUT2D eigenvalue weighted by Gasteiger charge is 2.13. The molecule has 0 aliphatic rings. The Morgan fingerprint density at radius 2 is 1.82 bits per heavy atom. The molecule has 5 nitrogen and oxygen atoms in total. The summed E-state index contributed by atoms with van der Waals surface area (Å²) in [6, 6.07) is 3.69. The Kier molecular flexibility index (Phi) is 11.1. The summed E-state index contributed by atoms with van der Waals surface area (Å²) in [5.41, 5.74) is 3.14. The predicted octanol–water partition coefficient (Wildman–Crippen LogP) is 4.80. The molecule has 0 bridgehead atoms. The van der Waals surface area contributed by atoms with Crippen LogP contribution in [0.4, 0.5) is 0 Å². The summed E-state index contributed by atoms with van der Waals surface area (Å²) in [5.74, 6) is 1.73. The predicted molar refractivity (Wildman–Crippen MR) is 114 cm³/mol. The van der Waals surface area contributed by atoms with E-state index in [9.17, 15) is 0 Å². The lowest BCUT2D eigenvalue weighted by Gasteiger charge is -2.17. The molecule has 0 fully saturated rings.